The first kappa shape index (κ1) is 24.9. The molecule has 0 bridgehead atoms. The number of hydrogen-bond donors (Lipinski definition) is 3. The molecule has 0 radical (unpaired) electrons. The molecule has 0 atom stereocenters. The summed E-state index contributed by atoms with van der Waals surface area (Å²) in [6.07, 6.45) is 9.62. The van der Waals surface area contributed by atoms with Crippen molar-refractivity contribution in [2.45, 2.75) is 64.5 Å². The highest BCUT2D eigenvalue weighted by molar-refractivity contribution is 14.0. The van der Waals surface area contributed by atoms with Gasteiger partial charge in [-0.2, -0.15) is 0 Å². The van der Waals surface area contributed by atoms with Gasteiger partial charge in [0.25, 0.3) is 0 Å². The van der Waals surface area contributed by atoms with Crippen molar-refractivity contribution in [1.82, 2.24) is 10.6 Å². The molecule has 30 heavy (non-hydrogen) atoms. The lowest BCUT2D eigenvalue weighted by Crippen LogP contribution is -2.37. The van der Waals surface area contributed by atoms with Crippen LogP contribution in [0.2, 0.25) is 0 Å². The highest BCUT2D eigenvalue weighted by atomic mass is 127. The second kappa shape index (κ2) is 13.1. The number of nitrogens with zero attached hydrogens (tertiary/aromatic N) is 2. The molecule has 1 saturated heterocycles. The number of benzene rings is 1. The minimum absolute atomic E-state index is 0. The minimum Gasteiger partial charge on any atom is -0.393 e. The number of hydrogen-bond acceptors (Lipinski definition) is 3. The zero-order valence-electron chi connectivity index (χ0n) is 18.0. The van der Waals surface area contributed by atoms with Gasteiger partial charge >= 0.3 is 0 Å². The van der Waals surface area contributed by atoms with Crippen LogP contribution < -0.4 is 15.5 Å². The lowest BCUT2D eigenvalue weighted by atomic mass is 9.97. The number of rotatable bonds is 7. The van der Waals surface area contributed by atoms with Gasteiger partial charge in [0.2, 0.25) is 0 Å². The predicted octanol–water partition coefficient (Wildman–Crippen LogP) is 4.35. The van der Waals surface area contributed by atoms with Crippen molar-refractivity contribution in [2.24, 2.45) is 4.99 Å². The van der Waals surface area contributed by atoms with E-state index in [0.717, 1.165) is 31.0 Å². The second-order valence-corrected chi connectivity index (χ2v) is 7.98. The van der Waals surface area contributed by atoms with Crippen LogP contribution in [0.15, 0.2) is 34.8 Å². The van der Waals surface area contributed by atoms with E-state index in [0.29, 0.717) is 38.2 Å². The Bertz CT molecular complexity index is 717. The monoisotopic (exact) mass is 530 g/mol. The summed E-state index contributed by atoms with van der Waals surface area (Å²) in [5.74, 6) is 0.565. The number of aliphatic hydroxyl groups is 1. The third-order valence-corrected chi connectivity index (χ3v) is 5.70. The highest BCUT2D eigenvalue weighted by Gasteiger charge is 2.19. The lowest BCUT2D eigenvalue weighted by Gasteiger charge is -2.31. The average Bonchev–Trinajstić information content (AvgIpc) is 2.74. The number of anilines is 1. The maximum Gasteiger partial charge on any atom is 0.191 e. The largest absolute Gasteiger partial charge is 0.393 e. The Morgan fingerprint density at radius 3 is 2.70 bits per heavy atom. The number of aliphatic imine (C=N–C) groups is 1. The molecule has 2 aliphatic rings. The van der Waals surface area contributed by atoms with Crippen LogP contribution in [0, 0.1) is 5.82 Å². The zero-order chi connectivity index (χ0) is 20.5. The summed E-state index contributed by atoms with van der Waals surface area (Å²) < 4.78 is 14.6. The molecule has 1 heterocycles. The Morgan fingerprint density at radius 1 is 1.23 bits per heavy atom. The SMILES string of the molecule is CCNC(=NCc1ccc(N2CCC(O)CC2)c(F)c1)NCCC1=CCCCC1.I. The number of guanidine groups is 1. The number of nitrogens with one attached hydrogen (secondary N) is 2. The van der Waals surface area contributed by atoms with E-state index in [4.69, 9.17) is 0 Å². The fraction of sp³-hybridized carbons (Fsp3) is 0.609. The maximum absolute atomic E-state index is 14.6. The summed E-state index contributed by atoms with van der Waals surface area (Å²) in [6, 6.07) is 5.37. The normalized spacial score (nSPS) is 17.9. The molecule has 0 amide bonds. The molecule has 1 aromatic carbocycles. The molecule has 3 rings (SSSR count). The molecule has 0 unspecified atom stereocenters. The minimum atomic E-state index is -0.255. The Hall–Kier alpha value is -1.35. The van der Waals surface area contributed by atoms with E-state index >= 15 is 0 Å². The van der Waals surface area contributed by atoms with Crippen molar-refractivity contribution in [3.63, 3.8) is 0 Å². The standard InChI is InChI=1S/C23H35FN4O.HI/c1-2-25-23(26-13-10-18-6-4-3-5-7-18)27-17-19-8-9-22(21(24)16-19)28-14-11-20(29)12-15-28;/h6,8-9,16,20,29H,2-5,7,10-15,17H2,1H3,(H2,25,26,27);1H. The third-order valence-electron chi connectivity index (χ3n) is 5.70. The molecule has 1 aliphatic heterocycles. The molecule has 7 heteroatoms. The number of piperidine rings is 1. The van der Waals surface area contributed by atoms with Crippen LogP contribution in [0.4, 0.5) is 10.1 Å². The summed E-state index contributed by atoms with van der Waals surface area (Å²) in [4.78, 5) is 6.64. The topological polar surface area (TPSA) is 59.9 Å². The first-order valence-electron chi connectivity index (χ1n) is 11.1. The van der Waals surface area contributed by atoms with E-state index in [1.54, 1.807) is 11.6 Å². The van der Waals surface area contributed by atoms with Gasteiger partial charge in [0.15, 0.2) is 5.96 Å². The number of halogens is 2. The van der Waals surface area contributed by atoms with E-state index in [2.05, 4.69) is 21.7 Å². The van der Waals surface area contributed by atoms with E-state index in [1.165, 1.54) is 25.7 Å². The number of allylic oxidation sites excluding steroid dienone is 1. The third kappa shape index (κ3) is 7.72. The molecule has 0 aromatic heterocycles. The molecule has 0 spiro atoms. The van der Waals surface area contributed by atoms with Crippen LogP contribution in [0.5, 0.6) is 0 Å². The Balaban J connectivity index is 0.00000320. The van der Waals surface area contributed by atoms with Crippen molar-refractivity contribution < 1.29 is 9.50 Å². The summed E-state index contributed by atoms with van der Waals surface area (Å²) >= 11 is 0. The average molecular weight is 530 g/mol. The van der Waals surface area contributed by atoms with Crippen molar-refractivity contribution in [3.05, 3.63) is 41.2 Å². The zero-order valence-corrected chi connectivity index (χ0v) is 20.3. The molecule has 1 aromatic rings. The van der Waals surface area contributed by atoms with Gasteiger partial charge < -0.3 is 20.6 Å². The molecular weight excluding hydrogens is 494 g/mol. The highest BCUT2D eigenvalue weighted by Crippen LogP contribution is 2.24. The first-order valence-corrected chi connectivity index (χ1v) is 11.1. The quantitative estimate of drug-likeness (QED) is 0.212. The van der Waals surface area contributed by atoms with Gasteiger partial charge in [-0.05, 0) is 69.6 Å². The first-order chi connectivity index (χ1) is 14.2. The molecular formula is C23H36FIN4O. The molecule has 5 nitrogen and oxygen atoms in total. The fourth-order valence-electron chi connectivity index (χ4n) is 4.00. The van der Waals surface area contributed by atoms with Crippen LogP contribution in [-0.4, -0.2) is 43.3 Å². The van der Waals surface area contributed by atoms with Crippen molar-refractivity contribution in [1.29, 1.82) is 0 Å². The molecule has 168 valence electrons. The summed E-state index contributed by atoms with van der Waals surface area (Å²) in [5, 5.41) is 16.3. The van der Waals surface area contributed by atoms with Crippen molar-refractivity contribution >= 4 is 35.6 Å². The maximum atomic E-state index is 14.6. The van der Waals surface area contributed by atoms with Gasteiger partial charge in [-0.15, -0.1) is 24.0 Å². The van der Waals surface area contributed by atoms with Gasteiger partial charge in [-0.25, -0.2) is 9.38 Å². The van der Waals surface area contributed by atoms with Crippen LogP contribution in [-0.2, 0) is 6.54 Å². The second-order valence-electron chi connectivity index (χ2n) is 7.98. The van der Waals surface area contributed by atoms with Gasteiger partial charge in [0.05, 0.1) is 18.3 Å². The van der Waals surface area contributed by atoms with Crippen LogP contribution in [0.1, 0.15) is 57.4 Å². The van der Waals surface area contributed by atoms with Gasteiger partial charge in [0.1, 0.15) is 5.82 Å². The molecule has 3 N–H and O–H groups in total. The molecule has 1 fully saturated rings. The predicted molar refractivity (Wildman–Crippen MR) is 133 cm³/mol. The van der Waals surface area contributed by atoms with E-state index in [9.17, 15) is 9.50 Å². The Morgan fingerprint density at radius 2 is 2.03 bits per heavy atom. The van der Waals surface area contributed by atoms with Crippen LogP contribution >= 0.6 is 24.0 Å². The summed E-state index contributed by atoms with van der Waals surface area (Å²) in [5.41, 5.74) is 3.02. The molecule has 0 saturated carbocycles. The van der Waals surface area contributed by atoms with E-state index in [-0.39, 0.29) is 35.9 Å². The Labute approximate surface area is 197 Å². The van der Waals surface area contributed by atoms with Gasteiger partial charge in [-0.3, -0.25) is 0 Å². The van der Waals surface area contributed by atoms with Gasteiger partial charge in [0, 0.05) is 26.2 Å². The smallest absolute Gasteiger partial charge is 0.191 e. The summed E-state index contributed by atoms with van der Waals surface area (Å²) in [7, 11) is 0. The van der Waals surface area contributed by atoms with Crippen molar-refractivity contribution in [3.8, 4) is 0 Å². The summed E-state index contributed by atoms with van der Waals surface area (Å²) in [6.45, 7) is 5.54. The van der Waals surface area contributed by atoms with Crippen molar-refractivity contribution in [2.75, 3.05) is 31.1 Å². The van der Waals surface area contributed by atoms with Crippen LogP contribution in [0.25, 0.3) is 0 Å². The van der Waals surface area contributed by atoms with Crippen LogP contribution in [0.3, 0.4) is 0 Å². The number of aliphatic hydroxyl groups excluding tert-OH is 1. The van der Waals surface area contributed by atoms with E-state index < -0.39 is 0 Å². The molecule has 1 aliphatic carbocycles. The van der Waals surface area contributed by atoms with Gasteiger partial charge in [-0.1, -0.05) is 17.7 Å². The Kier molecular flexibility index (Phi) is 10.9. The lowest BCUT2D eigenvalue weighted by molar-refractivity contribution is 0.145. The van der Waals surface area contributed by atoms with E-state index in [1.807, 2.05) is 24.0 Å². The fourth-order valence-corrected chi connectivity index (χ4v) is 4.00.